The normalized spacial score (nSPS) is 11.5. The largest absolute Gasteiger partial charge is 0.290 e. The van der Waals surface area contributed by atoms with Gasteiger partial charge in [-0.05, 0) is 32.0 Å². The van der Waals surface area contributed by atoms with Crippen LogP contribution in [0.4, 0.5) is 0 Å². The number of rotatable bonds is 2. The van der Waals surface area contributed by atoms with Crippen molar-refractivity contribution in [3.63, 3.8) is 0 Å². The van der Waals surface area contributed by atoms with Crippen molar-refractivity contribution in [3.8, 4) is 22.8 Å². The van der Waals surface area contributed by atoms with Crippen LogP contribution in [0.2, 0.25) is 5.02 Å². The van der Waals surface area contributed by atoms with Crippen LogP contribution in [-0.2, 0) is 0 Å². The van der Waals surface area contributed by atoms with Crippen molar-refractivity contribution >= 4 is 23.0 Å². The molecule has 8 heteroatoms. The van der Waals surface area contributed by atoms with Crippen LogP contribution in [0.1, 0.15) is 11.4 Å². The molecule has 0 aliphatic heterocycles. The Morgan fingerprint density at radius 1 is 1.00 bits per heavy atom. The maximum absolute atomic E-state index is 6.09. The van der Waals surface area contributed by atoms with Crippen LogP contribution in [0, 0.1) is 13.8 Å². The first-order valence-electron chi connectivity index (χ1n) is 8.39. The van der Waals surface area contributed by atoms with E-state index in [1.54, 1.807) is 10.7 Å². The number of hydrogen-bond acceptors (Lipinski definition) is 5. The molecule has 0 saturated heterocycles. The van der Waals surface area contributed by atoms with Gasteiger partial charge < -0.3 is 0 Å². The quantitative estimate of drug-likeness (QED) is 0.469. The van der Waals surface area contributed by atoms with Crippen LogP contribution in [-0.4, -0.2) is 34.0 Å². The third kappa shape index (κ3) is 2.63. The van der Waals surface area contributed by atoms with Crippen LogP contribution in [0.15, 0.2) is 48.9 Å². The van der Waals surface area contributed by atoms with Gasteiger partial charge in [-0.3, -0.25) is 9.38 Å². The summed E-state index contributed by atoms with van der Waals surface area (Å²) in [6, 6.07) is 9.47. The monoisotopic (exact) mass is 375 g/mol. The molecule has 5 rings (SSSR count). The van der Waals surface area contributed by atoms with Gasteiger partial charge in [-0.1, -0.05) is 23.7 Å². The average molecular weight is 376 g/mol. The topological polar surface area (TPSA) is 73.3 Å². The standard InChI is InChI=1S/C19H14ClN7/c1-11-9-21-12(2)18-24-17(25-27(11)18)15-6-7-26-10-16(23-19(26)22-15)13-4-3-5-14(20)8-13/h3-10H,1-2H3. The minimum Gasteiger partial charge on any atom is -0.290 e. The molecule has 27 heavy (non-hydrogen) atoms. The molecule has 0 saturated carbocycles. The predicted octanol–water partition coefficient (Wildman–Crippen LogP) is 3.77. The molecule has 4 heterocycles. The van der Waals surface area contributed by atoms with Crippen molar-refractivity contribution in [2.45, 2.75) is 13.8 Å². The van der Waals surface area contributed by atoms with Gasteiger partial charge >= 0.3 is 0 Å². The van der Waals surface area contributed by atoms with Crippen LogP contribution in [0.3, 0.4) is 0 Å². The van der Waals surface area contributed by atoms with E-state index in [2.05, 4.69) is 25.0 Å². The summed E-state index contributed by atoms with van der Waals surface area (Å²) in [5.41, 5.74) is 4.88. The Bertz CT molecular complexity index is 1280. The molecule has 0 unspecified atom stereocenters. The number of nitrogens with zero attached hydrogens (tertiary/aromatic N) is 7. The Balaban J connectivity index is 1.63. The molecular weight excluding hydrogens is 362 g/mol. The highest BCUT2D eigenvalue weighted by molar-refractivity contribution is 6.30. The maximum atomic E-state index is 6.09. The lowest BCUT2D eigenvalue weighted by molar-refractivity contribution is 0.889. The highest BCUT2D eigenvalue weighted by Gasteiger charge is 2.13. The van der Waals surface area contributed by atoms with Gasteiger partial charge in [-0.2, -0.15) is 0 Å². The summed E-state index contributed by atoms with van der Waals surface area (Å²) < 4.78 is 3.65. The molecule has 0 fully saturated rings. The zero-order valence-corrected chi connectivity index (χ0v) is 15.4. The summed E-state index contributed by atoms with van der Waals surface area (Å²) in [5, 5.41) is 5.25. The Morgan fingerprint density at radius 2 is 1.85 bits per heavy atom. The molecule has 0 spiro atoms. The SMILES string of the molecule is Cc1ncc(C)n2nc(-c3ccn4cc(-c5cccc(Cl)c5)nc4n3)nc12. The highest BCUT2D eigenvalue weighted by atomic mass is 35.5. The molecular formula is C19H14ClN7. The molecule has 5 aromatic rings. The fraction of sp³-hybridized carbons (Fsp3) is 0.105. The second kappa shape index (κ2) is 5.85. The second-order valence-electron chi connectivity index (χ2n) is 6.31. The number of fused-ring (bicyclic) bond motifs is 2. The van der Waals surface area contributed by atoms with Gasteiger partial charge in [-0.15, -0.1) is 5.10 Å². The van der Waals surface area contributed by atoms with Gasteiger partial charge in [-0.25, -0.2) is 19.5 Å². The van der Waals surface area contributed by atoms with E-state index in [9.17, 15) is 0 Å². The van der Waals surface area contributed by atoms with Crippen molar-refractivity contribution in [3.05, 3.63) is 65.3 Å². The summed E-state index contributed by atoms with van der Waals surface area (Å²) in [6.45, 7) is 3.86. The summed E-state index contributed by atoms with van der Waals surface area (Å²) in [5.74, 6) is 1.12. The minimum absolute atomic E-state index is 0.545. The lowest BCUT2D eigenvalue weighted by Crippen LogP contribution is -1.97. The third-order valence-electron chi connectivity index (χ3n) is 4.39. The van der Waals surface area contributed by atoms with Crippen molar-refractivity contribution < 1.29 is 0 Å². The molecule has 4 aromatic heterocycles. The first kappa shape index (κ1) is 15.9. The second-order valence-corrected chi connectivity index (χ2v) is 6.75. The molecule has 7 nitrogen and oxygen atoms in total. The summed E-state index contributed by atoms with van der Waals surface area (Å²) in [6.07, 6.45) is 5.61. The van der Waals surface area contributed by atoms with Gasteiger partial charge in [0.25, 0.3) is 0 Å². The van der Waals surface area contributed by atoms with Crippen LogP contribution >= 0.6 is 11.6 Å². The van der Waals surface area contributed by atoms with Crippen LogP contribution < -0.4 is 0 Å². The average Bonchev–Trinajstić information content (AvgIpc) is 3.29. The van der Waals surface area contributed by atoms with E-state index in [0.717, 1.165) is 28.3 Å². The van der Waals surface area contributed by atoms with Crippen molar-refractivity contribution in [1.82, 2.24) is 34.0 Å². The number of benzene rings is 1. The number of aryl methyl sites for hydroxylation is 2. The fourth-order valence-electron chi connectivity index (χ4n) is 2.99. The zero-order valence-electron chi connectivity index (χ0n) is 14.6. The van der Waals surface area contributed by atoms with Gasteiger partial charge in [0.2, 0.25) is 11.6 Å². The van der Waals surface area contributed by atoms with Gasteiger partial charge in [0.05, 0.1) is 17.1 Å². The van der Waals surface area contributed by atoms with E-state index >= 15 is 0 Å². The van der Waals surface area contributed by atoms with Crippen molar-refractivity contribution in [2.75, 3.05) is 0 Å². The molecule has 0 radical (unpaired) electrons. The molecule has 0 amide bonds. The van der Waals surface area contributed by atoms with Gasteiger partial charge in [0.15, 0.2) is 5.65 Å². The first-order valence-corrected chi connectivity index (χ1v) is 8.77. The fourth-order valence-corrected chi connectivity index (χ4v) is 3.18. The molecule has 0 aliphatic rings. The van der Waals surface area contributed by atoms with E-state index in [0.29, 0.717) is 22.3 Å². The Hall–Kier alpha value is -3.32. The van der Waals surface area contributed by atoms with Crippen LogP contribution in [0.5, 0.6) is 0 Å². The van der Waals surface area contributed by atoms with E-state index in [4.69, 9.17) is 11.6 Å². The predicted molar refractivity (Wildman–Crippen MR) is 103 cm³/mol. The molecule has 0 bridgehead atoms. The molecule has 132 valence electrons. The Kier molecular flexibility index (Phi) is 3.45. The third-order valence-corrected chi connectivity index (χ3v) is 4.62. The molecule has 0 aliphatic carbocycles. The lowest BCUT2D eigenvalue weighted by Gasteiger charge is -1.97. The smallest absolute Gasteiger partial charge is 0.234 e. The number of aromatic nitrogens is 7. The number of imidazole rings is 1. The minimum atomic E-state index is 0.545. The van der Waals surface area contributed by atoms with E-state index < -0.39 is 0 Å². The van der Waals surface area contributed by atoms with Crippen LogP contribution in [0.25, 0.3) is 34.2 Å². The summed E-state index contributed by atoms with van der Waals surface area (Å²) >= 11 is 6.09. The Labute approximate surface area is 159 Å². The molecule has 1 aromatic carbocycles. The van der Waals surface area contributed by atoms with Crippen molar-refractivity contribution in [1.29, 1.82) is 0 Å². The molecule has 0 N–H and O–H groups in total. The van der Waals surface area contributed by atoms with E-state index in [1.807, 2.05) is 61.0 Å². The molecule has 0 atom stereocenters. The van der Waals surface area contributed by atoms with E-state index in [1.165, 1.54) is 0 Å². The lowest BCUT2D eigenvalue weighted by atomic mass is 10.2. The van der Waals surface area contributed by atoms with E-state index in [-0.39, 0.29) is 0 Å². The zero-order chi connectivity index (χ0) is 18.5. The van der Waals surface area contributed by atoms with Gasteiger partial charge in [0.1, 0.15) is 5.69 Å². The summed E-state index contributed by atoms with van der Waals surface area (Å²) in [4.78, 5) is 18.2. The van der Waals surface area contributed by atoms with Gasteiger partial charge in [0, 0.05) is 29.2 Å². The number of hydrogen-bond donors (Lipinski definition) is 0. The Morgan fingerprint density at radius 3 is 2.67 bits per heavy atom. The number of halogens is 1. The van der Waals surface area contributed by atoms with Crippen molar-refractivity contribution in [2.24, 2.45) is 0 Å². The first-order chi connectivity index (χ1) is 13.1. The summed E-state index contributed by atoms with van der Waals surface area (Å²) in [7, 11) is 0. The highest BCUT2D eigenvalue weighted by Crippen LogP contribution is 2.23. The maximum Gasteiger partial charge on any atom is 0.234 e.